The lowest BCUT2D eigenvalue weighted by Gasteiger charge is -2.20. The molecule has 2 atom stereocenters. The summed E-state index contributed by atoms with van der Waals surface area (Å²) in [6, 6.07) is 18.6. The maximum atomic E-state index is 12.1. The van der Waals surface area contributed by atoms with Gasteiger partial charge in [0.25, 0.3) is 0 Å². The molecule has 2 N–H and O–H groups in total. The average Bonchev–Trinajstić information content (AvgIpc) is 2.56. The summed E-state index contributed by atoms with van der Waals surface area (Å²) in [5, 5.41) is 17.7. The molecule has 6 heteroatoms. The normalized spacial score (nSPS) is 14.2. The van der Waals surface area contributed by atoms with Gasteiger partial charge in [0.1, 0.15) is 0 Å². The van der Waals surface area contributed by atoms with E-state index in [0.717, 1.165) is 11.1 Å². The molecule has 0 spiro atoms. The Morgan fingerprint density at radius 1 is 0.792 bits per heavy atom. The predicted molar refractivity (Wildman–Crippen MR) is 97.8 cm³/mol. The molecular weight excluding hydrogens is 344 g/mol. The summed E-state index contributed by atoms with van der Waals surface area (Å²) in [5.41, 5.74) is 1.78. The van der Waals surface area contributed by atoms with Crippen LogP contribution in [0.25, 0.3) is 0 Å². The first kappa shape index (κ1) is 19.0. The maximum Gasteiger partial charge on any atom is 0.242 e. The van der Waals surface area contributed by atoms with Crippen molar-refractivity contribution in [2.45, 2.75) is 29.5 Å². The van der Waals surface area contributed by atoms with Gasteiger partial charge in [-0.3, -0.25) is 8.42 Å². The van der Waals surface area contributed by atoms with Crippen molar-refractivity contribution in [3.63, 3.8) is 0 Å². The van der Waals surface area contributed by atoms with E-state index in [-0.39, 0.29) is 12.2 Å². The molecule has 2 aromatic carbocycles. The lowest BCUT2D eigenvalue weighted by Crippen LogP contribution is -2.35. The van der Waals surface area contributed by atoms with Gasteiger partial charge in [0.15, 0.2) is 0 Å². The van der Waals surface area contributed by atoms with Gasteiger partial charge in [-0.1, -0.05) is 60.7 Å². The van der Waals surface area contributed by atoms with Gasteiger partial charge in [-0.25, -0.2) is 0 Å². The first-order valence-corrected chi connectivity index (χ1v) is 10.5. The van der Waals surface area contributed by atoms with Gasteiger partial charge in [0, 0.05) is 28.7 Å². The number of rotatable bonds is 9. The summed E-state index contributed by atoms with van der Waals surface area (Å²) in [4.78, 5) is 0. The highest BCUT2D eigenvalue weighted by Gasteiger charge is 2.30. The van der Waals surface area contributed by atoms with Crippen LogP contribution < -0.4 is 0 Å². The Morgan fingerprint density at radius 3 is 1.83 bits per heavy atom. The number of benzene rings is 2. The molecule has 0 aliphatic rings. The van der Waals surface area contributed by atoms with E-state index < -0.39 is 26.7 Å². The molecule has 4 nitrogen and oxygen atoms in total. The molecule has 2 unspecified atom stereocenters. The summed E-state index contributed by atoms with van der Waals surface area (Å²) >= 11 is 0. The molecular formula is C18H22O4S2. The van der Waals surface area contributed by atoms with Crippen LogP contribution in [0.1, 0.15) is 24.0 Å². The van der Waals surface area contributed by atoms with E-state index >= 15 is 0 Å². The Bertz CT molecular complexity index is 672. The third-order valence-corrected chi connectivity index (χ3v) is 6.48. The van der Waals surface area contributed by atoms with E-state index in [4.69, 9.17) is 0 Å². The summed E-state index contributed by atoms with van der Waals surface area (Å²) in [6.07, 6.45) is 0.278. The fraction of sp³-hybridized carbons (Fsp3) is 0.333. The van der Waals surface area contributed by atoms with Crippen molar-refractivity contribution < 1.29 is 18.6 Å². The Kier molecular flexibility index (Phi) is 7.30. The molecule has 2 rings (SSSR count). The van der Waals surface area contributed by atoms with E-state index in [2.05, 4.69) is 0 Å². The van der Waals surface area contributed by atoms with E-state index in [1.165, 1.54) is 0 Å². The molecule has 0 aliphatic heterocycles. The van der Waals surface area contributed by atoms with Crippen LogP contribution in [-0.2, 0) is 33.1 Å². The fourth-order valence-corrected chi connectivity index (χ4v) is 4.52. The zero-order valence-electron chi connectivity index (χ0n) is 13.3. The van der Waals surface area contributed by atoms with Crippen molar-refractivity contribution in [1.82, 2.24) is 0 Å². The van der Waals surface area contributed by atoms with Crippen molar-refractivity contribution in [3.8, 4) is 0 Å². The standard InChI is InChI=1S/C18H22O4S2/c19-18(20,24(22)15-17-10-5-2-6-11-17)12-7-13-23(21)14-16-8-3-1-4-9-16/h1-6,8-11,19-20H,7,12-15H2. The molecule has 0 aliphatic carbocycles. The third kappa shape index (κ3) is 6.28. The largest absolute Gasteiger partial charge is 0.355 e. The number of hydrogen-bond acceptors (Lipinski definition) is 4. The summed E-state index contributed by atoms with van der Waals surface area (Å²) < 4.78 is 24.2. The Labute approximate surface area is 147 Å². The van der Waals surface area contributed by atoms with Crippen LogP contribution in [0.5, 0.6) is 0 Å². The monoisotopic (exact) mass is 366 g/mol. The molecule has 0 amide bonds. The molecule has 0 aromatic heterocycles. The number of aliphatic hydroxyl groups is 2. The second kappa shape index (κ2) is 9.22. The SMILES string of the molecule is O=S(CCCC(O)(O)S(=O)Cc1ccccc1)Cc1ccccc1. The van der Waals surface area contributed by atoms with E-state index in [1.54, 1.807) is 12.1 Å². The van der Waals surface area contributed by atoms with Crippen LogP contribution in [-0.4, -0.2) is 29.5 Å². The summed E-state index contributed by atoms with van der Waals surface area (Å²) in [7, 11) is -2.90. The lowest BCUT2D eigenvalue weighted by molar-refractivity contribution is -0.0860. The van der Waals surface area contributed by atoms with Crippen molar-refractivity contribution in [2.24, 2.45) is 0 Å². The zero-order valence-corrected chi connectivity index (χ0v) is 15.0. The van der Waals surface area contributed by atoms with Crippen LogP contribution in [0.4, 0.5) is 0 Å². The van der Waals surface area contributed by atoms with Crippen molar-refractivity contribution in [2.75, 3.05) is 5.75 Å². The predicted octanol–water partition coefficient (Wildman–Crippen LogP) is 2.30. The minimum absolute atomic E-state index is 0.0625. The van der Waals surface area contributed by atoms with E-state index in [1.807, 2.05) is 48.5 Å². The fourth-order valence-electron chi connectivity index (χ4n) is 2.25. The maximum absolute atomic E-state index is 12.1. The van der Waals surface area contributed by atoms with Gasteiger partial charge in [-0.05, 0) is 17.5 Å². The van der Waals surface area contributed by atoms with Crippen molar-refractivity contribution in [3.05, 3.63) is 71.8 Å². The van der Waals surface area contributed by atoms with Crippen LogP contribution in [0, 0.1) is 0 Å². The first-order chi connectivity index (χ1) is 11.5. The minimum Gasteiger partial charge on any atom is -0.355 e. The Hall–Kier alpha value is -1.34. The average molecular weight is 367 g/mol. The molecule has 2 aromatic rings. The molecule has 0 bridgehead atoms. The van der Waals surface area contributed by atoms with E-state index in [9.17, 15) is 18.6 Å². The van der Waals surface area contributed by atoms with Crippen LogP contribution in [0.2, 0.25) is 0 Å². The highest BCUT2D eigenvalue weighted by Crippen LogP contribution is 2.19. The van der Waals surface area contributed by atoms with Crippen LogP contribution in [0.3, 0.4) is 0 Å². The second-order valence-corrected chi connectivity index (χ2v) is 8.81. The van der Waals surface area contributed by atoms with Gasteiger partial charge >= 0.3 is 0 Å². The molecule has 130 valence electrons. The highest BCUT2D eigenvalue weighted by molar-refractivity contribution is 7.85. The molecule has 0 saturated heterocycles. The van der Waals surface area contributed by atoms with Crippen molar-refractivity contribution >= 4 is 21.6 Å². The Morgan fingerprint density at radius 2 is 1.29 bits per heavy atom. The second-order valence-electron chi connectivity index (χ2n) is 5.60. The first-order valence-electron chi connectivity index (χ1n) is 7.73. The topological polar surface area (TPSA) is 74.6 Å². The smallest absolute Gasteiger partial charge is 0.242 e. The third-order valence-electron chi connectivity index (χ3n) is 3.55. The van der Waals surface area contributed by atoms with Gasteiger partial charge in [0.2, 0.25) is 5.12 Å². The van der Waals surface area contributed by atoms with Gasteiger partial charge < -0.3 is 10.2 Å². The summed E-state index contributed by atoms with van der Waals surface area (Å²) in [6.45, 7) is 0. The Balaban J connectivity index is 1.77. The van der Waals surface area contributed by atoms with Gasteiger partial charge in [0.05, 0.1) is 16.6 Å². The minimum atomic E-state index is -2.26. The molecule has 0 fully saturated rings. The molecule has 0 radical (unpaired) electrons. The quantitative estimate of drug-likeness (QED) is 0.668. The summed E-state index contributed by atoms with van der Waals surface area (Å²) in [5.74, 6) is 0.874. The van der Waals surface area contributed by atoms with Gasteiger partial charge in [-0.15, -0.1) is 0 Å². The lowest BCUT2D eigenvalue weighted by atomic mass is 10.2. The van der Waals surface area contributed by atoms with Crippen LogP contribution >= 0.6 is 0 Å². The molecule has 0 heterocycles. The molecule has 24 heavy (non-hydrogen) atoms. The van der Waals surface area contributed by atoms with E-state index in [0.29, 0.717) is 17.9 Å². The molecule has 0 saturated carbocycles. The van der Waals surface area contributed by atoms with Gasteiger partial charge in [-0.2, -0.15) is 0 Å². The zero-order chi connectivity index (χ0) is 17.4. The number of hydrogen-bond donors (Lipinski definition) is 2. The highest BCUT2D eigenvalue weighted by atomic mass is 32.2. The van der Waals surface area contributed by atoms with Crippen LogP contribution in [0.15, 0.2) is 60.7 Å². The van der Waals surface area contributed by atoms with Crippen molar-refractivity contribution in [1.29, 1.82) is 0 Å².